The van der Waals surface area contributed by atoms with Crippen molar-refractivity contribution < 1.29 is 9.53 Å². The number of aromatic nitrogens is 3. The van der Waals surface area contributed by atoms with Crippen LogP contribution in [0.2, 0.25) is 0 Å². The summed E-state index contributed by atoms with van der Waals surface area (Å²) in [6.45, 7) is 7.82. The largest absolute Gasteiger partial charge is 0.369 e. The van der Waals surface area contributed by atoms with Crippen LogP contribution in [0.4, 0.5) is 5.69 Å². The van der Waals surface area contributed by atoms with E-state index in [1.165, 1.54) is 11.3 Å². The number of nitrogens with zero attached hydrogens (tertiary/aromatic N) is 5. The van der Waals surface area contributed by atoms with E-state index < -0.39 is 0 Å². The molecule has 2 aromatic heterocycles. The number of hydrogen-bond acceptors (Lipinski definition) is 5. The summed E-state index contributed by atoms with van der Waals surface area (Å²) in [5, 5.41) is 4.46. The molecule has 0 aromatic carbocycles. The van der Waals surface area contributed by atoms with Gasteiger partial charge in [0.1, 0.15) is 5.60 Å². The van der Waals surface area contributed by atoms with Gasteiger partial charge in [0, 0.05) is 56.9 Å². The lowest BCUT2D eigenvalue weighted by Gasteiger charge is -2.40. The standard InChI is InChI=1S/C21H29N5O2/c1-16-19(17(2)24(3)23-16)4-5-20(27)26-12-13-28-21(15-26)8-11-25(14-21)18-6-9-22-10-7-18/h6-7,9-10H,4-5,8,11-15H2,1-3H3. The first-order valence-corrected chi connectivity index (χ1v) is 10.0. The van der Waals surface area contributed by atoms with Crippen molar-refractivity contribution in [3.8, 4) is 0 Å². The van der Waals surface area contributed by atoms with E-state index in [-0.39, 0.29) is 11.5 Å². The third kappa shape index (κ3) is 3.63. The van der Waals surface area contributed by atoms with Gasteiger partial charge in [-0.1, -0.05) is 0 Å². The molecule has 2 aliphatic rings. The molecule has 4 rings (SSSR count). The number of hydrogen-bond donors (Lipinski definition) is 0. The molecule has 0 N–H and O–H groups in total. The van der Waals surface area contributed by atoms with Gasteiger partial charge in [-0.2, -0.15) is 5.10 Å². The molecule has 2 fully saturated rings. The summed E-state index contributed by atoms with van der Waals surface area (Å²) in [6.07, 6.45) is 5.86. The van der Waals surface area contributed by atoms with Gasteiger partial charge in [0.25, 0.3) is 0 Å². The van der Waals surface area contributed by atoms with Crippen molar-refractivity contribution in [3.05, 3.63) is 41.5 Å². The molecule has 0 saturated carbocycles. The number of carbonyl (C=O) groups is 1. The molecule has 1 unspecified atom stereocenters. The minimum absolute atomic E-state index is 0.215. The van der Waals surface area contributed by atoms with Crippen LogP contribution >= 0.6 is 0 Å². The highest BCUT2D eigenvalue weighted by molar-refractivity contribution is 5.76. The Labute approximate surface area is 166 Å². The van der Waals surface area contributed by atoms with E-state index >= 15 is 0 Å². The average molecular weight is 383 g/mol. The predicted molar refractivity (Wildman–Crippen MR) is 107 cm³/mol. The van der Waals surface area contributed by atoms with Crippen molar-refractivity contribution >= 4 is 11.6 Å². The van der Waals surface area contributed by atoms with E-state index in [1.54, 1.807) is 0 Å². The van der Waals surface area contributed by atoms with Crippen molar-refractivity contribution in [3.63, 3.8) is 0 Å². The van der Waals surface area contributed by atoms with Gasteiger partial charge < -0.3 is 14.5 Å². The van der Waals surface area contributed by atoms with Crippen molar-refractivity contribution in [1.82, 2.24) is 19.7 Å². The van der Waals surface area contributed by atoms with Crippen molar-refractivity contribution in [2.45, 2.75) is 38.7 Å². The fraction of sp³-hybridized carbons (Fsp3) is 0.571. The summed E-state index contributed by atoms with van der Waals surface area (Å²) in [7, 11) is 1.95. The lowest BCUT2D eigenvalue weighted by Crippen LogP contribution is -2.55. The molecule has 0 radical (unpaired) electrons. The first kappa shape index (κ1) is 18.9. The van der Waals surface area contributed by atoms with Crippen LogP contribution in [0.25, 0.3) is 0 Å². The van der Waals surface area contributed by atoms with Crippen LogP contribution in [0.3, 0.4) is 0 Å². The summed E-state index contributed by atoms with van der Waals surface area (Å²) in [6, 6.07) is 4.06. The first-order valence-electron chi connectivity index (χ1n) is 10.0. The Balaban J connectivity index is 1.38. The predicted octanol–water partition coefficient (Wildman–Crippen LogP) is 1.87. The van der Waals surface area contributed by atoms with Crippen LogP contribution in [0.15, 0.2) is 24.5 Å². The molecular weight excluding hydrogens is 354 g/mol. The monoisotopic (exact) mass is 383 g/mol. The maximum absolute atomic E-state index is 12.9. The molecule has 0 bridgehead atoms. The summed E-state index contributed by atoms with van der Waals surface area (Å²) < 4.78 is 8.09. The zero-order valence-corrected chi connectivity index (χ0v) is 17.0. The van der Waals surface area contributed by atoms with Crippen LogP contribution in [-0.4, -0.2) is 64.0 Å². The molecule has 7 nitrogen and oxygen atoms in total. The number of carbonyl (C=O) groups excluding carboxylic acids is 1. The first-order chi connectivity index (χ1) is 13.5. The summed E-state index contributed by atoms with van der Waals surface area (Å²) in [5.41, 5.74) is 4.28. The highest BCUT2D eigenvalue weighted by Crippen LogP contribution is 2.32. The molecule has 4 heterocycles. The topological polar surface area (TPSA) is 63.5 Å². The number of ether oxygens (including phenoxy) is 1. The second kappa shape index (κ2) is 7.54. The SMILES string of the molecule is Cc1nn(C)c(C)c1CCC(=O)N1CCOC2(CCN(c3ccncc3)C2)C1. The van der Waals surface area contributed by atoms with Crippen molar-refractivity contribution in [2.75, 3.05) is 37.7 Å². The lowest BCUT2D eigenvalue weighted by molar-refractivity contribution is -0.147. The van der Waals surface area contributed by atoms with Gasteiger partial charge in [-0.3, -0.25) is 14.5 Å². The second-order valence-corrected chi connectivity index (χ2v) is 8.00. The van der Waals surface area contributed by atoms with Gasteiger partial charge >= 0.3 is 0 Å². The van der Waals surface area contributed by atoms with Gasteiger partial charge in [0.05, 0.1) is 18.8 Å². The second-order valence-electron chi connectivity index (χ2n) is 8.00. The van der Waals surface area contributed by atoms with Gasteiger partial charge in [0.15, 0.2) is 0 Å². The number of aryl methyl sites for hydroxylation is 2. The molecule has 1 spiro atoms. The molecule has 0 aliphatic carbocycles. The Morgan fingerprint density at radius 2 is 2.00 bits per heavy atom. The maximum atomic E-state index is 12.9. The molecule has 7 heteroatoms. The summed E-state index contributed by atoms with van der Waals surface area (Å²) in [4.78, 5) is 21.3. The molecule has 1 amide bonds. The quantitative estimate of drug-likeness (QED) is 0.807. The van der Waals surface area contributed by atoms with E-state index in [9.17, 15) is 4.79 Å². The van der Waals surface area contributed by atoms with Gasteiger partial charge in [-0.25, -0.2) is 0 Å². The van der Waals surface area contributed by atoms with E-state index in [2.05, 4.69) is 21.9 Å². The van der Waals surface area contributed by atoms with Crippen LogP contribution in [0.5, 0.6) is 0 Å². The van der Waals surface area contributed by atoms with E-state index in [0.29, 0.717) is 26.1 Å². The smallest absolute Gasteiger partial charge is 0.223 e. The van der Waals surface area contributed by atoms with Crippen LogP contribution in [0, 0.1) is 13.8 Å². The Hall–Kier alpha value is -2.41. The number of amides is 1. The number of pyridine rings is 1. The Kier molecular flexibility index (Phi) is 5.10. The summed E-state index contributed by atoms with van der Waals surface area (Å²) >= 11 is 0. The van der Waals surface area contributed by atoms with E-state index in [1.807, 2.05) is 48.1 Å². The minimum Gasteiger partial charge on any atom is -0.369 e. The van der Waals surface area contributed by atoms with Crippen molar-refractivity contribution in [2.24, 2.45) is 7.05 Å². The third-order valence-corrected chi connectivity index (χ3v) is 6.19. The van der Waals surface area contributed by atoms with E-state index in [0.717, 1.165) is 37.3 Å². The molecule has 150 valence electrons. The number of anilines is 1. The highest BCUT2D eigenvalue weighted by Gasteiger charge is 2.43. The molecule has 2 saturated heterocycles. The highest BCUT2D eigenvalue weighted by atomic mass is 16.5. The molecule has 1 atom stereocenters. The van der Waals surface area contributed by atoms with Crippen LogP contribution in [0.1, 0.15) is 29.8 Å². The van der Waals surface area contributed by atoms with E-state index in [4.69, 9.17) is 4.74 Å². The zero-order chi connectivity index (χ0) is 19.7. The van der Waals surface area contributed by atoms with Crippen LogP contribution < -0.4 is 4.90 Å². The van der Waals surface area contributed by atoms with Gasteiger partial charge in [-0.15, -0.1) is 0 Å². The lowest BCUT2D eigenvalue weighted by atomic mass is 9.99. The summed E-state index contributed by atoms with van der Waals surface area (Å²) in [5.74, 6) is 0.215. The molecule has 2 aliphatic heterocycles. The Morgan fingerprint density at radius 3 is 2.71 bits per heavy atom. The maximum Gasteiger partial charge on any atom is 0.223 e. The zero-order valence-electron chi connectivity index (χ0n) is 17.0. The van der Waals surface area contributed by atoms with Gasteiger partial charge in [-0.05, 0) is 44.4 Å². The normalized spacial score (nSPS) is 22.2. The fourth-order valence-electron chi connectivity index (χ4n) is 4.49. The van der Waals surface area contributed by atoms with Crippen molar-refractivity contribution in [1.29, 1.82) is 0 Å². The van der Waals surface area contributed by atoms with Crippen LogP contribution in [-0.2, 0) is 23.0 Å². The third-order valence-electron chi connectivity index (χ3n) is 6.19. The molecular formula is C21H29N5O2. The van der Waals surface area contributed by atoms with Gasteiger partial charge in [0.2, 0.25) is 5.91 Å². The Morgan fingerprint density at radius 1 is 1.21 bits per heavy atom. The molecule has 28 heavy (non-hydrogen) atoms. The minimum atomic E-state index is -0.253. The molecule has 2 aromatic rings. The number of morpholine rings is 1. The average Bonchev–Trinajstić information content (AvgIpc) is 3.21. The Bertz CT molecular complexity index is 850. The number of rotatable bonds is 4. The fourth-order valence-corrected chi connectivity index (χ4v) is 4.49.